The van der Waals surface area contributed by atoms with Crippen molar-refractivity contribution in [2.24, 2.45) is 5.92 Å². The Balaban J connectivity index is 2.60. The molecule has 140 valence electrons. The fourth-order valence-corrected chi connectivity index (χ4v) is 3.12. The van der Waals surface area contributed by atoms with Gasteiger partial charge in [0.2, 0.25) is 0 Å². The fourth-order valence-electron chi connectivity index (χ4n) is 2.49. The predicted octanol–water partition coefficient (Wildman–Crippen LogP) is 5.88. The zero-order valence-electron chi connectivity index (χ0n) is 17.1. The number of hydrogen-bond acceptors (Lipinski definition) is 2. The van der Waals surface area contributed by atoms with Crippen molar-refractivity contribution in [3.8, 4) is 11.5 Å². The lowest BCUT2D eigenvalue weighted by atomic mass is 10.0. The van der Waals surface area contributed by atoms with Gasteiger partial charge in [-0.05, 0) is 38.7 Å². The van der Waals surface area contributed by atoms with Gasteiger partial charge in [0.25, 0.3) is 0 Å². The normalized spacial score (nSPS) is 23.0. The van der Waals surface area contributed by atoms with Crippen molar-refractivity contribution in [1.82, 2.24) is 0 Å². The molecular formula is C22H36O2Si. The molecule has 1 rings (SSSR count). The zero-order valence-corrected chi connectivity index (χ0v) is 18.1. The quantitative estimate of drug-likeness (QED) is 0.244. The molecule has 0 fully saturated rings. The minimum absolute atomic E-state index is 0.0886. The predicted molar refractivity (Wildman–Crippen MR) is 111 cm³/mol. The second-order valence-corrected chi connectivity index (χ2v) is 12.8. The van der Waals surface area contributed by atoms with Crippen LogP contribution in [0.2, 0.25) is 19.6 Å². The molecule has 2 nitrogen and oxygen atoms in total. The number of hydrogen-bond donors (Lipinski definition) is 0. The average Bonchev–Trinajstić information content (AvgIpc) is 2.49. The Hall–Kier alpha value is -1.08. The lowest BCUT2D eigenvalue weighted by Gasteiger charge is -2.25. The van der Waals surface area contributed by atoms with Crippen LogP contribution in [0.25, 0.3) is 0 Å². The largest absolute Gasteiger partial charge is 0.346 e. The van der Waals surface area contributed by atoms with Gasteiger partial charge in [-0.3, -0.25) is 0 Å². The highest BCUT2D eigenvalue weighted by molar-refractivity contribution is 6.83. The van der Waals surface area contributed by atoms with Crippen molar-refractivity contribution >= 4 is 8.07 Å². The molecule has 0 amide bonds. The van der Waals surface area contributed by atoms with Gasteiger partial charge in [0.15, 0.2) is 6.29 Å². The van der Waals surface area contributed by atoms with Crippen molar-refractivity contribution in [1.29, 1.82) is 0 Å². The van der Waals surface area contributed by atoms with Gasteiger partial charge in [-0.25, -0.2) is 0 Å². The van der Waals surface area contributed by atoms with E-state index in [0.29, 0.717) is 5.92 Å². The second-order valence-electron chi connectivity index (χ2n) is 8.08. The molecule has 1 aliphatic heterocycles. The van der Waals surface area contributed by atoms with Crippen LogP contribution in [-0.2, 0) is 9.47 Å². The summed E-state index contributed by atoms with van der Waals surface area (Å²) in [6, 6.07) is 0. The average molecular weight is 361 g/mol. The van der Waals surface area contributed by atoms with E-state index in [1.54, 1.807) is 0 Å². The third-order valence-corrected chi connectivity index (χ3v) is 4.62. The topological polar surface area (TPSA) is 18.5 Å². The van der Waals surface area contributed by atoms with Crippen molar-refractivity contribution in [2.45, 2.75) is 85.1 Å². The summed E-state index contributed by atoms with van der Waals surface area (Å²) < 4.78 is 11.7. The minimum Gasteiger partial charge on any atom is -0.346 e. The van der Waals surface area contributed by atoms with Crippen LogP contribution in [0.3, 0.4) is 0 Å². The molecule has 1 heterocycles. The first kappa shape index (κ1) is 22.0. The smallest absolute Gasteiger partial charge is 0.177 e. The lowest BCUT2D eigenvalue weighted by molar-refractivity contribution is -0.154. The molecule has 0 aliphatic carbocycles. The number of rotatable bonds is 7. The van der Waals surface area contributed by atoms with E-state index >= 15 is 0 Å². The Morgan fingerprint density at radius 2 is 2.04 bits per heavy atom. The molecule has 0 radical (unpaired) electrons. The summed E-state index contributed by atoms with van der Waals surface area (Å²) in [6.07, 6.45) is 13.8. The summed E-state index contributed by atoms with van der Waals surface area (Å²) in [5.74, 6) is 3.86. The summed E-state index contributed by atoms with van der Waals surface area (Å²) in [5, 5.41) is 0. The molecule has 0 bridgehead atoms. The van der Waals surface area contributed by atoms with E-state index in [2.05, 4.69) is 69.3 Å². The van der Waals surface area contributed by atoms with Gasteiger partial charge >= 0.3 is 0 Å². The lowest BCUT2D eigenvalue weighted by Crippen LogP contribution is -2.27. The maximum absolute atomic E-state index is 5.96. The first-order chi connectivity index (χ1) is 11.7. The third-order valence-electron chi connectivity index (χ3n) is 3.70. The Morgan fingerprint density at radius 1 is 1.32 bits per heavy atom. The van der Waals surface area contributed by atoms with Crippen molar-refractivity contribution in [3.63, 3.8) is 0 Å². The molecule has 0 aromatic rings. The molecule has 0 saturated carbocycles. The zero-order chi connectivity index (χ0) is 18.9. The summed E-state index contributed by atoms with van der Waals surface area (Å²) >= 11 is 0. The first-order valence-electron chi connectivity index (χ1n) is 9.56. The van der Waals surface area contributed by atoms with E-state index in [-0.39, 0.29) is 18.5 Å². The Morgan fingerprint density at radius 3 is 2.64 bits per heavy atom. The van der Waals surface area contributed by atoms with Crippen LogP contribution in [0.5, 0.6) is 0 Å². The molecule has 0 aromatic carbocycles. The van der Waals surface area contributed by atoms with Crippen LogP contribution in [-0.4, -0.2) is 26.6 Å². The highest BCUT2D eigenvalue weighted by Gasteiger charge is 2.17. The maximum Gasteiger partial charge on any atom is 0.177 e. The standard InChI is InChI=1S/C22H36O2Si/c1-8-20(17-19(4)11-10-16-25(5,6)7)14-15-21-12-9-13-22(24-21)23-18(2)3/h9,13-15,17-19,21-22H,8,11-12H2,1-7H3/b15-14+,20-17-/t19-,21-,22-/m1/s1. The molecule has 0 spiro atoms. The van der Waals surface area contributed by atoms with E-state index < -0.39 is 8.07 Å². The fraction of sp³-hybridized carbons (Fsp3) is 0.636. The minimum atomic E-state index is -1.26. The first-order valence-corrected chi connectivity index (χ1v) is 13.1. The highest BCUT2D eigenvalue weighted by Crippen LogP contribution is 2.18. The molecule has 0 unspecified atom stereocenters. The van der Waals surface area contributed by atoms with Crippen LogP contribution in [0.15, 0.2) is 36.0 Å². The molecule has 0 aromatic heterocycles. The third kappa shape index (κ3) is 10.5. The van der Waals surface area contributed by atoms with Crippen LogP contribution in [0.1, 0.15) is 47.0 Å². The van der Waals surface area contributed by atoms with E-state index in [1.807, 2.05) is 19.9 Å². The highest BCUT2D eigenvalue weighted by atomic mass is 28.3. The van der Waals surface area contributed by atoms with Gasteiger partial charge in [0.1, 0.15) is 8.07 Å². The van der Waals surface area contributed by atoms with E-state index in [0.717, 1.165) is 19.3 Å². The summed E-state index contributed by atoms with van der Waals surface area (Å²) in [6.45, 7) is 15.4. The van der Waals surface area contributed by atoms with Crippen LogP contribution in [0, 0.1) is 17.4 Å². The molecule has 25 heavy (non-hydrogen) atoms. The second kappa shape index (κ2) is 10.8. The summed E-state index contributed by atoms with van der Waals surface area (Å²) in [5.41, 5.74) is 4.80. The Labute approximate surface area is 156 Å². The number of allylic oxidation sites excluding steroid dienone is 3. The van der Waals surface area contributed by atoms with Crippen LogP contribution >= 0.6 is 0 Å². The van der Waals surface area contributed by atoms with Crippen LogP contribution in [0.4, 0.5) is 0 Å². The molecule has 0 saturated heterocycles. The van der Waals surface area contributed by atoms with Crippen molar-refractivity contribution < 1.29 is 9.47 Å². The summed E-state index contributed by atoms with van der Waals surface area (Å²) in [4.78, 5) is 0. The summed E-state index contributed by atoms with van der Waals surface area (Å²) in [7, 11) is -1.26. The molecule has 3 heteroatoms. The van der Waals surface area contributed by atoms with E-state index in [1.165, 1.54) is 5.57 Å². The molecular weight excluding hydrogens is 324 g/mol. The SMILES string of the molecule is CCC(=C/[C@H](C)CC#C[Si](C)(C)C)/C=C/[C@H]1CC=C[C@H](OC(C)C)O1. The van der Waals surface area contributed by atoms with Crippen molar-refractivity contribution in [2.75, 3.05) is 0 Å². The number of ether oxygens (including phenoxy) is 2. The van der Waals surface area contributed by atoms with Gasteiger partial charge in [-0.2, -0.15) is 0 Å². The van der Waals surface area contributed by atoms with Gasteiger partial charge in [0.05, 0.1) is 12.2 Å². The van der Waals surface area contributed by atoms with Gasteiger partial charge in [-0.1, -0.05) is 63.4 Å². The van der Waals surface area contributed by atoms with Crippen LogP contribution < -0.4 is 0 Å². The van der Waals surface area contributed by atoms with Crippen molar-refractivity contribution in [3.05, 3.63) is 36.0 Å². The molecule has 0 N–H and O–H groups in total. The van der Waals surface area contributed by atoms with E-state index in [9.17, 15) is 0 Å². The molecule has 1 aliphatic rings. The van der Waals surface area contributed by atoms with E-state index in [4.69, 9.17) is 9.47 Å². The Kier molecular flexibility index (Phi) is 9.49. The van der Waals surface area contributed by atoms with Gasteiger partial charge in [0, 0.05) is 6.42 Å². The van der Waals surface area contributed by atoms with Gasteiger partial charge < -0.3 is 9.47 Å². The monoisotopic (exact) mass is 360 g/mol. The van der Waals surface area contributed by atoms with Gasteiger partial charge in [-0.15, -0.1) is 11.5 Å². The maximum atomic E-state index is 5.96. The Bertz CT molecular complexity index is 541. The molecule has 3 atom stereocenters.